The summed E-state index contributed by atoms with van der Waals surface area (Å²) < 4.78 is 11.1. The van der Waals surface area contributed by atoms with E-state index >= 15 is 0 Å². The highest BCUT2D eigenvalue weighted by molar-refractivity contribution is 5.94. The van der Waals surface area contributed by atoms with E-state index in [4.69, 9.17) is 9.15 Å². The molecule has 0 saturated heterocycles. The van der Waals surface area contributed by atoms with Gasteiger partial charge >= 0.3 is 11.7 Å². The second-order valence-corrected chi connectivity index (χ2v) is 8.08. The van der Waals surface area contributed by atoms with Crippen LogP contribution in [0.5, 0.6) is 5.75 Å². The Labute approximate surface area is 207 Å². The third kappa shape index (κ3) is 6.69. The minimum Gasteiger partial charge on any atom is -0.489 e. The smallest absolute Gasteiger partial charge is 0.336 e. The number of hydrogen-bond acceptors (Lipinski definition) is 6. The van der Waals surface area contributed by atoms with Crippen LogP contribution >= 0.6 is 0 Å². The van der Waals surface area contributed by atoms with Crippen LogP contribution in [-0.4, -0.2) is 30.0 Å². The van der Waals surface area contributed by atoms with E-state index in [1.165, 1.54) is 6.07 Å². The molecule has 2 aromatic heterocycles. The number of urea groups is 1. The van der Waals surface area contributed by atoms with Gasteiger partial charge in [0.2, 0.25) is 0 Å². The number of amides is 3. The van der Waals surface area contributed by atoms with E-state index < -0.39 is 5.63 Å². The van der Waals surface area contributed by atoms with Crippen molar-refractivity contribution in [2.75, 3.05) is 13.1 Å². The van der Waals surface area contributed by atoms with Crippen molar-refractivity contribution in [3.05, 3.63) is 106 Å². The molecule has 4 aromatic rings. The molecule has 4 rings (SSSR count). The molecule has 0 radical (unpaired) electrons. The summed E-state index contributed by atoms with van der Waals surface area (Å²) in [6, 6.07) is 19.0. The number of rotatable bonds is 9. The van der Waals surface area contributed by atoms with Crippen LogP contribution in [0.4, 0.5) is 4.79 Å². The van der Waals surface area contributed by atoms with E-state index in [0.717, 1.165) is 22.2 Å². The van der Waals surface area contributed by atoms with Crippen molar-refractivity contribution >= 4 is 22.9 Å². The maximum atomic E-state index is 12.4. The SMILES string of the molecule is Cc1cc(=O)oc2cc(OCc3ccc(C(=O)NCCNC(=O)NCc4ccccn4)cc3)ccc12. The molecule has 9 heteroatoms. The number of pyridine rings is 1. The number of ether oxygens (including phenoxy) is 1. The van der Waals surface area contributed by atoms with E-state index in [1.54, 1.807) is 24.4 Å². The van der Waals surface area contributed by atoms with Crippen LogP contribution in [0, 0.1) is 6.92 Å². The van der Waals surface area contributed by atoms with E-state index in [9.17, 15) is 14.4 Å². The summed E-state index contributed by atoms with van der Waals surface area (Å²) in [6.45, 7) is 3.05. The van der Waals surface area contributed by atoms with Crippen molar-refractivity contribution in [1.82, 2.24) is 20.9 Å². The predicted octanol–water partition coefficient (Wildman–Crippen LogP) is 3.30. The molecule has 3 N–H and O–H groups in total. The molecule has 0 unspecified atom stereocenters. The van der Waals surface area contributed by atoms with Crippen LogP contribution in [0.3, 0.4) is 0 Å². The van der Waals surface area contributed by atoms with Gasteiger partial charge in [0.25, 0.3) is 5.91 Å². The summed E-state index contributed by atoms with van der Waals surface area (Å²) in [5.41, 5.74) is 3.07. The summed E-state index contributed by atoms with van der Waals surface area (Å²) in [5, 5.41) is 9.02. The summed E-state index contributed by atoms with van der Waals surface area (Å²) in [5.74, 6) is 0.340. The van der Waals surface area contributed by atoms with Gasteiger partial charge < -0.3 is 25.1 Å². The summed E-state index contributed by atoms with van der Waals surface area (Å²) in [7, 11) is 0. The molecule has 2 aromatic carbocycles. The van der Waals surface area contributed by atoms with Crippen LogP contribution in [0.2, 0.25) is 0 Å². The first-order valence-corrected chi connectivity index (χ1v) is 11.4. The lowest BCUT2D eigenvalue weighted by atomic mass is 10.1. The topological polar surface area (TPSA) is 123 Å². The molecule has 3 amide bonds. The number of aromatic nitrogens is 1. The van der Waals surface area contributed by atoms with Crippen LogP contribution in [-0.2, 0) is 13.2 Å². The molecular weight excluding hydrogens is 460 g/mol. The zero-order valence-corrected chi connectivity index (χ0v) is 19.7. The monoisotopic (exact) mass is 486 g/mol. The van der Waals surface area contributed by atoms with Crippen LogP contribution in [0.15, 0.2) is 82.1 Å². The first-order valence-electron chi connectivity index (χ1n) is 11.4. The van der Waals surface area contributed by atoms with Gasteiger partial charge in [0.15, 0.2) is 0 Å². The largest absolute Gasteiger partial charge is 0.489 e. The lowest BCUT2D eigenvalue weighted by molar-refractivity contribution is 0.0953. The van der Waals surface area contributed by atoms with Crippen molar-refractivity contribution in [1.29, 1.82) is 0 Å². The van der Waals surface area contributed by atoms with Gasteiger partial charge in [-0.2, -0.15) is 0 Å². The van der Waals surface area contributed by atoms with Gasteiger partial charge in [-0.25, -0.2) is 9.59 Å². The normalized spacial score (nSPS) is 10.6. The fraction of sp³-hybridized carbons (Fsp3) is 0.185. The van der Waals surface area contributed by atoms with Gasteiger partial charge in [-0.3, -0.25) is 9.78 Å². The first kappa shape index (κ1) is 24.5. The van der Waals surface area contributed by atoms with Crippen LogP contribution in [0.25, 0.3) is 11.0 Å². The lowest BCUT2D eigenvalue weighted by Crippen LogP contribution is -2.40. The molecule has 0 aliphatic heterocycles. The van der Waals surface area contributed by atoms with Crippen LogP contribution in [0.1, 0.15) is 27.2 Å². The predicted molar refractivity (Wildman–Crippen MR) is 135 cm³/mol. The Kier molecular flexibility index (Phi) is 7.92. The van der Waals surface area contributed by atoms with Crippen molar-refractivity contribution < 1.29 is 18.7 Å². The summed E-state index contributed by atoms with van der Waals surface area (Å²) in [6.07, 6.45) is 1.66. The second-order valence-electron chi connectivity index (χ2n) is 8.08. The number of carbonyl (C=O) groups is 2. The highest BCUT2D eigenvalue weighted by Gasteiger charge is 2.07. The number of benzene rings is 2. The fourth-order valence-corrected chi connectivity index (χ4v) is 3.50. The zero-order valence-electron chi connectivity index (χ0n) is 19.7. The van der Waals surface area contributed by atoms with Gasteiger partial charge in [0.05, 0.1) is 12.2 Å². The van der Waals surface area contributed by atoms with Crippen molar-refractivity contribution in [2.24, 2.45) is 0 Å². The Bertz CT molecular complexity index is 1400. The van der Waals surface area contributed by atoms with Crippen molar-refractivity contribution in [3.8, 4) is 5.75 Å². The number of hydrogen-bond donors (Lipinski definition) is 3. The molecule has 0 spiro atoms. The minimum absolute atomic E-state index is 0.238. The number of fused-ring (bicyclic) bond motifs is 1. The quantitative estimate of drug-likeness (QED) is 0.246. The van der Waals surface area contributed by atoms with Gasteiger partial charge in [0, 0.05) is 42.4 Å². The number of aryl methyl sites for hydroxylation is 1. The third-order valence-electron chi connectivity index (χ3n) is 5.40. The highest BCUT2D eigenvalue weighted by atomic mass is 16.5. The number of carbonyl (C=O) groups excluding carboxylic acids is 2. The molecule has 184 valence electrons. The van der Waals surface area contributed by atoms with Gasteiger partial charge in [-0.1, -0.05) is 18.2 Å². The standard InChI is InChI=1S/C27H26N4O5/c1-18-14-25(32)36-24-15-22(9-10-23(18)24)35-17-19-5-7-20(8-6-19)26(33)29-12-13-30-27(34)31-16-21-4-2-3-11-28-21/h2-11,14-15H,12-13,16-17H2,1H3,(H,29,33)(H2,30,31,34). The molecule has 0 atom stereocenters. The van der Waals surface area contributed by atoms with Crippen molar-refractivity contribution in [2.45, 2.75) is 20.1 Å². The molecule has 0 fully saturated rings. The van der Waals surface area contributed by atoms with E-state index in [1.807, 2.05) is 49.4 Å². The average molecular weight is 487 g/mol. The van der Waals surface area contributed by atoms with Gasteiger partial charge in [-0.05, 0) is 54.4 Å². The van der Waals surface area contributed by atoms with Gasteiger partial charge in [0.1, 0.15) is 17.9 Å². The van der Waals surface area contributed by atoms with Gasteiger partial charge in [-0.15, -0.1) is 0 Å². The Morgan fingerprint density at radius 2 is 1.75 bits per heavy atom. The van der Waals surface area contributed by atoms with E-state index in [2.05, 4.69) is 20.9 Å². The fourth-order valence-electron chi connectivity index (χ4n) is 3.50. The van der Waals surface area contributed by atoms with Crippen LogP contribution < -0.4 is 26.3 Å². The molecule has 0 bridgehead atoms. The molecule has 0 aliphatic rings. The first-order chi connectivity index (χ1) is 17.5. The maximum Gasteiger partial charge on any atom is 0.336 e. The Morgan fingerprint density at radius 1 is 0.944 bits per heavy atom. The zero-order chi connectivity index (χ0) is 25.3. The number of nitrogens with zero attached hydrogens (tertiary/aromatic N) is 1. The Morgan fingerprint density at radius 3 is 2.53 bits per heavy atom. The van der Waals surface area contributed by atoms with Crippen molar-refractivity contribution in [3.63, 3.8) is 0 Å². The maximum absolute atomic E-state index is 12.4. The molecule has 9 nitrogen and oxygen atoms in total. The second kappa shape index (κ2) is 11.7. The summed E-state index contributed by atoms with van der Waals surface area (Å²) in [4.78, 5) is 39.9. The Balaban J connectivity index is 1.19. The lowest BCUT2D eigenvalue weighted by Gasteiger charge is -2.10. The van der Waals surface area contributed by atoms with E-state index in [0.29, 0.717) is 30.0 Å². The molecule has 0 saturated carbocycles. The number of nitrogens with one attached hydrogen (secondary N) is 3. The molecule has 2 heterocycles. The average Bonchev–Trinajstić information content (AvgIpc) is 2.89. The molecular formula is C27H26N4O5. The van der Waals surface area contributed by atoms with E-state index in [-0.39, 0.29) is 25.0 Å². The molecule has 36 heavy (non-hydrogen) atoms. The minimum atomic E-state index is -0.398. The molecule has 0 aliphatic carbocycles. The third-order valence-corrected chi connectivity index (χ3v) is 5.40. The Hall–Kier alpha value is -4.66. The highest BCUT2D eigenvalue weighted by Crippen LogP contribution is 2.23. The summed E-state index contributed by atoms with van der Waals surface area (Å²) >= 11 is 0.